The Morgan fingerprint density at radius 1 is 1.11 bits per heavy atom. The first-order valence-corrected chi connectivity index (χ1v) is 10.4. The van der Waals surface area contributed by atoms with E-state index in [2.05, 4.69) is 16.0 Å². The summed E-state index contributed by atoms with van der Waals surface area (Å²) in [6, 6.07) is 3.61. The van der Waals surface area contributed by atoms with E-state index >= 15 is 0 Å². The molecule has 1 saturated carbocycles. The molecular formula is C20H29N3O4S. The molecule has 8 heteroatoms. The first-order chi connectivity index (χ1) is 13.6. The molecule has 1 amide bonds. The summed E-state index contributed by atoms with van der Waals surface area (Å²) in [5, 5.41) is 9.83. The summed E-state index contributed by atoms with van der Waals surface area (Å²) < 4.78 is 17.1. The number of anilines is 2. The van der Waals surface area contributed by atoms with Crippen LogP contribution in [0.2, 0.25) is 0 Å². The molecule has 3 N–H and O–H groups in total. The summed E-state index contributed by atoms with van der Waals surface area (Å²) in [4.78, 5) is 12.2. The van der Waals surface area contributed by atoms with Gasteiger partial charge in [0.2, 0.25) is 5.91 Å². The Kier molecular flexibility index (Phi) is 7.33. The smallest absolute Gasteiger partial charge is 0.227 e. The summed E-state index contributed by atoms with van der Waals surface area (Å²) in [5.41, 5.74) is 1.31. The highest BCUT2D eigenvalue weighted by molar-refractivity contribution is 7.80. The fourth-order valence-corrected chi connectivity index (χ4v) is 3.26. The van der Waals surface area contributed by atoms with Gasteiger partial charge in [0.25, 0.3) is 0 Å². The van der Waals surface area contributed by atoms with Gasteiger partial charge in [0.15, 0.2) is 5.11 Å². The van der Waals surface area contributed by atoms with Gasteiger partial charge in [-0.15, -0.1) is 0 Å². The Morgan fingerprint density at radius 2 is 1.75 bits per heavy atom. The van der Waals surface area contributed by atoms with E-state index < -0.39 is 0 Å². The van der Waals surface area contributed by atoms with E-state index in [1.807, 2.05) is 19.9 Å². The second-order valence-corrected chi connectivity index (χ2v) is 7.35. The lowest BCUT2D eigenvalue weighted by Gasteiger charge is -2.19. The van der Waals surface area contributed by atoms with Crippen LogP contribution in [-0.4, -0.2) is 43.5 Å². The number of carbonyl (C=O) groups excluding carboxylic acids is 1. The quantitative estimate of drug-likeness (QED) is 0.542. The van der Waals surface area contributed by atoms with Crippen molar-refractivity contribution < 1.29 is 19.0 Å². The molecule has 1 aromatic rings. The summed E-state index contributed by atoms with van der Waals surface area (Å²) in [7, 11) is 0. The van der Waals surface area contributed by atoms with Crippen LogP contribution >= 0.6 is 12.2 Å². The first-order valence-electron chi connectivity index (χ1n) is 10.0. The van der Waals surface area contributed by atoms with E-state index in [1.54, 1.807) is 6.07 Å². The number of hydrogen-bond donors (Lipinski definition) is 3. The third kappa shape index (κ3) is 5.72. The molecule has 0 spiro atoms. The highest BCUT2D eigenvalue weighted by Gasteiger charge is 2.30. The summed E-state index contributed by atoms with van der Waals surface area (Å²) >= 11 is 5.42. The van der Waals surface area contributed by atoms with Crippen LogP contribution in [0.1, 0.15) is 39.5 Å². The standard InChI is InChI=1S/C20H29N3O4S/c1-3-25-17-11-16(23-20(28)21-12-14-6-5-9-27-14)18(26-4-2)10-15(17)22-19(24)13-7-8-13/h10-11,13-14H,3-9,12H2,1-2H3,(H,22,24)(H2,21,23,28)/t14-/m0/s1. The molecular weight excluding hydrogens is 378 g/mol. The zero-order chi connectivity index (χ0) is 19.9. The fourth-order valence-electron chi connectivity index (χ4n) is 3.06. The zero-order valence-corrected chi connectivity index (χ0v) is 17.3. The van der Waals surface area contributed by atoms with Crippen LogP contribution in [0.3, 0.4) is 0 Å². The van der Waals surface area contributed by atoms with Gasteiger partial charge in [-0.1, -0.05) is 0 Å². The molecule has 3 rings (SSSR count). The maximum absolute atomic E-state index is 12.2. The number of ether oxygens (including phenoxy) is 3. The lowest BCUT2D eigenvalue weighted by molar-refractivity contribution is -0.117. The number of thiocarbonyl (C=S) groups is 1. The van der Waals surface area contributed by atoms with E-state index in [4.69, 9.17) is 26.4 Å². The van der Waals surface area contributed by atoms with Gasteiger partial charge in [-0.3, -0.25) is 4.79 Å². The van der Waals surface area contributed by atoms with Crippen molar-refractivity contribution in [1.82, 2.24) is 5.32 Å². The molecule has 1 aromatic carbocycles. The van der Waals surface area contributed by atoms with Crippen LogP contribution in [0.15, 0.2) is 12.1 Å². The number of benzene rings is 1. The van der Waals surface area contributed by atoms with E-state index in [1.165, 1.54) is 0 Å². The molecule has 154 valence electrons. The average molecular weight is 408 g/mol. The van der Waals surface area contributed by atoms with Crippen LogP contribution in [0.5, 0.6) is 11.5 Å². The molecule has 1 atom stereocenters. The Morgan fingerprint density at radius 3 is 2.29 bits per heavy atom. The number of rotatable bonds is 9. The monoisotopic (exact) mass is 407 g/mol. The van der Waals surface area contributed by atoms with E-state index in [9.17, 15) is 4.79 Å². The zero-order valence-electron chi connectivity index (χ0n) is 16.5. The Bertz CT molecular complexity index is 703. The highest BCUT2D eigenvalue weighted by atomic mass is 32.1. The van der Waals surface area contributed by atoms with Gasteiger partial charge >= 0.3 is 0 Å². The minimum atomic E-state index is 0.0258. The normalized spacial score (nSPS) is 18.4. The molecule has 28 heavy (non-hydrogen) atoms. The Hall–Kier alpha value is -2.06. The topological polar surface area (TPSA) is 80.8 Å². The molecule has 0 aromatic heterocycles. The summed E-state index contributed by atoms with van der Waals surface area (Å²) in [6.45, 7) is 6.28. The van der Waals surface area contributed by atoms with Gasteiger partial charge in [0, 0.05) is 31.2 Å². The van der Waals surface area contributed by atoms with E-state index in [-0.39, 0.29) is 17.9 Å². The van der Waals surface area contributed by atoms with Crippen molar-refractivity contribution in [3.8, 4) is 11.5 Å². The summed E-state index contributed by atoms with van der Waals surface area (Å²) in [5.74, 6) is 1.33. The predicted octanol–water partition coefficient (Wildman–Crippen LogP) is 3.30. The summed E-state index contributed by atoms with van der Waals surface area (Å²) in [6.07, 6.45) is 4.22. The second kappa shape index (κ2) is 9.93. The van der Waals surface area contributed by atoms with Gasteiger partial charge in [-0.2, -0.15) is 0 Å². The molecule has 0 bridgehead atoms. The Balaban J connectivity index is 1.72. The van der Waals surface area contributed by atoms with Gasteiger partial charge in [0.05, 0.1) is 30.7 Å². The van der Waals surface area contributed by atoms with Crippen molar-refractivity contribution >= 4 is 34.6 Å². The third-order valence-electron chi connectivity index (χ3n) is 4.65. The van der Waals surface area contributed by atoms with Crippen LogP contribution in [0.4, 0.5) is 11.4 Å². The third-order valence-corrected chi connectivity index (χ3v) is 4.90. The molecule has 2 fully saturated rings. The average Bonchev–Trinajstić information content (AvgIpc) is 3.40. The minimum absolute atomic E-state index is 0.0258. The fraction of sp³-hybridized carbons (Fsp3) is 0.600. The molecule has 7 nitrogen and oxygen atoms in total. The Labute approximate surface area is 171 Å². The number of carbonyl (C=O) groups is 1. The maximum Gasteiger partial charge on any atom is 0.227 e. The van der Waals surface area contributed by atoms with Crippen molar-refractivity contribution in [1.29, 1.82) is 0 Å². The largest absolute Gasteiger partial charge is 0.492 e. The lowest BCUT2D eigenvalue weighted by Crippen LogP contribution is -2.34. The van der Waals surface area contributed by atoms with Gasteiger partial charge in [-0.05, 0) is 51.7 Å². The van der Waals surface area contributed by atoms with Crippen LogP contribution in [0, 0.1) is 5.92 Å². The SMILES string of the molecule is CCOc1cc(NC(=S)NC[C@@H]2CCCO2)c(OCC)cc1NC(=O)C1CC1. The van der Waals surface area contributed by atoms with Crippen molar-refractivity contribution in [3.63, 3.8) is 0 Å². The van der Waals surface area contributed by atoms with E-state index in [0.29, 0.717) is 47.7 Å². The number of hydrogen-bond acceptors (Lipinski definition) is 5. The second-order valence-electron chi connectivity index (χ2n) is 6.94. The van der Waals surface area contributed by atoms with Crippen molar-refractivity contribution in [3.05, 3.63) is 12.1 Å². The van der Waals surface area contributed by atoms with Crippen LogP contribution < -0.4 is 25.4 Å². The highest BCUT2D eigenvalue weighted by Crippen LogP contribution is 2.38. The number of amides is 1. The minimum Gasteiger partial charge on any atom is -0.492 e. The lowest BCUT2D eigenvalue weighted by atomic mass is 10.2. The molecule has 1 aliphatic carbocycles. The number of nitrogens with one attached hydrogen (secondary N) is 3. The first kappa shape index (κ1) is 20.7. The van der Waals surface area contributed by atoms with E-state index in [0.717, 1.165) is 32.3 Å². The molecule has 0 unspecified atom stereocenters. The van der Waals surface area contributed by atoms with Crippen molar-refractivity contribution in [2.75, 3.05) is 37.0 Å². The van der Waals surface area contributed by atoms with Crippen LogP contribution in [0.25, 0.3) is 0 Å². The molecule has 1 saturated heterocycles. The maximum atomic E-state index is 12.2. The molecule has 1 heterocycles. The van der Waals surface area contributed by atoms with Gasteiger partial charge < -0.3 is 30.2 Å². The van der Waals surface area contributed by atoms with Crippen molar-refractivity contribution in [2.45, 2.75) is 45.6 Å². The van der Waals surface area contributed by atoms with Crippen LogP contribution in [-0.2, 0) is 9.53 Å². The van der Waals surface area contributed by atoms with Gasteiger partial charge in [0.1, 0.15) is 11.5 Å². The van der Waals surface area contributed by atoms with Gasteiger partial charge in [-0.25, -0.2) is 0 Å². The molecule has 1 aliphatic heterocycles. The predicted molar refractivity (Wildman–Crippen MR) is 113 cm³/mol. The molecule has 0 radical (unpaired) electrons. The molecule has 2 aliphatic rings. The van der Waals surface area contributed by atoms with Crippen molar-refractivity contribution in [2.24, 2.45) is 5.92 Å².